The predicted molar refractivity (Wildman–Crippen MR) is 103 cm³/mol. The lowest BCUT2D eigenvalue weighted by atomic mass is 9.99. The molecule has 0 bridgehead atoms. The second kappa shape index (κ2) is 6.99. The maximum absolute atomic E-state index is 13.4. The minimum Gasteiger partial charge on any atom is -0.398 e. The number of aromatic nitrogens is 4. The van der Waals surface area contributed by atoms with E-state index in [0.717, 1.165) is 11.1 Å². The van der Waals surface area contributed by atoms with Crippen LogP contribution in [0.5, 0.6) is 0 Å². The molecule has 3 heterocycles. The van der Waals surface area contributed by atoms with Crippen LogP contribution >= 0.6 is 0 Å². The molecule has 9 heteroatoms. The molecule has 1 aliphatic heterocycles. The van der Waals surface area contributed by atoms with E-state index in [2.05, 4.69) is 20.2 Å². The van der Waals surface area contributed by atoms with Crippen LogP contribution in [-0.2, 0) is 0 Å². The van der Waals surface area contributed by atoms with E-state index in [4.69, 9.17) is 11.1 Å². The molecule has 1 aliphatic rings. The van der Waals surface area contributed by atoms with Gasteiger partial charge in [-0.15, -0.1) is 0 Å². The Morgan fingerprint density at radius 1 is 1.14 bits per heavy atom. The van der Waals surface area contributed by atoms with Crippen molar-refractivity contribution in [3.63, 3.8) is 0 Å². The van der Waals surface area contributed by atoms with Crippen molar-refractivity contribution in [2.75, 3.05) is 23.7 Å². The quantitative estimate of drug-likeness (QED) is 0.474. The summed E-state index contributed by atoms with van der Waals surface area (Å²) >= 11 is 0. The Morgan fingerprint density at radius 3 is 2.64 bits per heavy atom. The second-order valence-corrected chi connectivity index (χ2v) is 6.77. The van der Waals surface area contributed by atoms with E-state index < -0.39 is 5.92 Å². The highest BCUT2D eigenvalue weighted by molar-refractivity contribution is 6.13. The first-order valence-corrected chi connectivity index (χ1v) is 8.86. The number of H-pyrrole nitrogens is 1. The molecule has 0 saturated carbocycles. The third kappa shape index (κ3) is 3.55. The molecule has 28 heavy (non-hydrogen) atoms. The van der Waals surface area contributed by atoms with E-state index in [1.807, 2.05) is 12.1 Å². The lowest BCUT2D eigenvalue weighted by molar-refractivity contribution is -0.0221. The number of hydrogen-bond acceptors (Lipinski definition) is 6. The molecule has 0 unspecified atom stereocenters. The number of anilines is 2. The van der Waals surface area contributed by atoms with Crippen molar-refractivity contribution in [2.24, 2.45) is 0 Å². The van der Waals surface area contributed by atoms with E-state index in [9.17, 15) is 8.78 Å². The number of nitrogens with zero attached hydrogens (tertiary/aromatic N) is 4. The SMILES string of the molecule is N=C(c1cc(N2CCC(F)(F)CC2)ncn1)c1cc(-c2cn[nH]c2)ccc1N. The molecule has 3 aromatic rings. The molecule has 144 valence electrons. The lowest BCUT2D eigenvalue weighted by Crippen LogP contribution is -2.39. The summed E-state index contributed by atoms with van der Waals surface area (Å²) in [4.78, 5) is 10.2. The normalized spacial score (nSPS) is 16.1. The highest BCUT2D eigenvalue weighted by atomic mass is 19.3. The summed E-state index contributed by atoms with van der Waals surface area (Å²) in [6, 6.07) is 7.05. The third-order valence-corrected chi connectivity index (χ3v) is 4.88. The second-order valence-electron chi connectivity index (χ2n) is 6.77. The zero-order valence-corrected chi connectivity index (χ0v) is 15.0. The molecule has 1 aromatic carbocycles. The van der Waals surface area contributed by atoms with E-state index in [1.54, 1.807) is 29.4 Å². The van der Waals surface area contributed by atoms with Crippen molar-refractivity contribution in [1.29, 1.82) is 5.41 Å². The maximum Gasteiger partial charge on any atom is 0.251 e. The minimum absolute atomic E-state index is 0.147. The van der Waals surface area contributed by atoms with Crippen LogP contribution in [0.15, 0.2) is 43.0 Å². The first kappa shape index (κ1) is 18.0. The molecular formula is C19H19F2N7. The van der Waals surface area contributed by atoms with Crippen LogP contribution < -0.4 is 10.6 Å². The smallest absolute Gasteiger partial charge is 0.251 e. The van der Waals surface area contributed by atoms with Gasteiger partial charge in [-0.2, -0.15) is 5.10 Å². The summed E-state index contributed by atoms with van der Waals surface area (Å²) in [5, 5.41) is 15.3. The Morgan fingerprint density at radius 2 is 1.93 bits per heavy atom. The molecular weight excluding hydrogens is 364 g/mol. The first-order valence-electron chi connectivity index (χ1n) is 8.86. The van der Waals surface area contributed by atoms with Gasteiger partial charge in [0.25, 0.3) is 5.92 Å². The zero-order chi connectivity index (χ0) is 19.7. The van der Waals surface area contributed by atoms with Gasteiger partial charge in [-0.1, -0.05) is 6.07 Å². The van der Waals surface area contributed by atoms with Crippen molar-refractivity contribution in [3.8, 4) is 11.1 Å². The number of halogens is 2. The summed E-state index contributed by atoms with van der Waals surface area (Å²) in [5.74, 6) is -2.09. The highest BCUT2D eigenvalue weighted by Crippen LogP contribution is 2.30. The maximum atomic E-state index is 13.4. The van der Waals surface area contributed by atoms with Crippen molar-refractivity contribution < 1.29 is 8.78 Å². The van der Waals surface area contributed by atoms with Crippen LogP contribution in [0.3, 0.4) is 0 Å². The number of aromatic amines is 1. The van der Waals surface area contributed by atoms with Gasteiger partial charge in [0.15, 0.2) is 0 Å². The summed E-state index contributed by atoms with van der Waals surface area (Å²) in [6.07, 6.45) is 4.39. The van der Waals surface area contributed by atoms with Crippen molar-refractivity contribution in [3.05, 3.63) is 54.2 Å². The largest absolute Gasteiger partial charge is 0.398 e. The van der Waals surface area contributed by atoms with Gasteiger partial charge < -0.3 is 10.6 Å². The summed E-state index contributed by atoms with van der Waals surface area (Å²) in [6.45, 7) is 0.434. The van der Waals surface area contributed by atoms with Gasteiger partial charge in [0.05, 0.1) is 17.6 Å². The molecule has 1 fully saturated rings. The van der Waals surface area contributed by atoms with Crippen molar-refractivity contribution in [2.45, 2.75) is 18.8 Å². The van der Waals surface area contributed by atoms with E-state index in [0.29, 0.717) is 22.8 Å². The predicted octanol–water partition coefficient (Wildman–Crippen LogP) is 3.10. The van der Waals surface area contributed by atoms with Gasteiger partial charge in [0.1, 0.15) is 12.1 Å². The molecule has 0 aliphatic carbocycles. The average Bonchev–Trinajstić information content (AvgIpc) is 3.23. The summed E-state index contributed by atoms with van der Waals surface area (Å²) < 4.78 is 26.8. The third-order valence-electron chi connectivity index (χ3n) is 4.88. The Labute approximate surface area is 160 Å². The van der Waals surface area contributed by atoms with Crippen LogP contribution in [0.4, 0.5) is 20.3 Å². The van der Waals surface area contributed by atoms with E-state index in [-0.39, 0.29) is 31.6 Å². The molecule has 0 amide bonds. The number of hydrogen-bond donors (Lipinski definition) is 3. The number of nitrogens with one attached hydrogen (secondary N) is 2. The van der Waals surface area contributed by atoms with Gasteiger partial charge in [-0.3, -0.25) is 10.5 Å². The zero-order valence-electron chi connectivity index (χ0n) is 15.0. The number of piperidine rings is 1. The van der Waals surface area contributed by atoms with Gasteiger partial charge in [0, 0.05) is 55.0 Å². The standard InChI is InChI=1S/C19H19F2N7/c20-19(21)3-5-28(6-4-19)17-8-16(24-11-25-17)18(23)14-7-12(1-2-15(14)22)13-9-26-27-10-13/h1-2,7-11,23H,3-6,22H2,(H,26,27). The van der Waals surface area contributed by atoms with Gasteiger partial charge in [0.2, 0.25) is 0 Å². The number of nitrogen functional groups attached to an aromatic ring is 1. The molecule has 4 N–H and O–H groups in total. The Hall–Kier alpha value is -3.36. The average molecular weight is 383 g/mol. The molecule has 7 nitrogen and oxygen atoms in total. The Bertz CT molecular complexity index is 991. The molecule has 2 aromatic heterocycles. The molecule has 1 saturated heterocycles. The number of alkyl halides is 2. The number of nitrogens with two attached hydrogens (primary N) is 1. The molecule has 0 radical (unpaired) electrons. The number of benzene rings is 1. The van der Waals surface area contributed by atoms with E-state index >= 15 is 0 Å². The van der Waals surface area contributed by atoms with Crippen LogP contribution in [0, 0.1) is 5.41 Å². The fourth-order valence-electron chi connectivity index (χ4n) is 3.22. The van der Waals surface area contributed by atoms with Crippen molar-refractivity contribution >= 4 is 17.2 Å². The lowest BCUT2D eigenvalue weighted by Gasteiger charge is -2.32. The van der Waals surface area contributed by atoms with Gasteiger partial charge in [-0.25, -0.2) is 18.7 Å². The highest BCUT2D eigenvalue weighted by Gasteiger charge is 2.34. The molecule has 4 rings (SSSR count). The fourth-order valence-corrected chi connectivity index (χ4v) is 3.22. The minimum atomic E-state index is -2.62. The fraction of sp³-hybridized carbons (Fsp3) is 0.263. The molecule has 0 spiro atoms. The van der Waals surface area contributed by atoms with E-state index in [1.165, 1.54) is 6.33 Å². The van der Waals surface area contributed by atoms with Gasteiger partial charge in [-0.05, 0) is 17.7 Å². The van der Waals surface area contributed by atoms with Crippen LogP contribution in [0.2, 0.25) is 0 Å². The van der Waals surface area contributed by atoms with Gasteiger partial charge >= 0.3 is 0 Å². The van der Waals surface area contributed by atoms with Crippen LogP contribution in [0.25, 0.3) is 11.1 Å². The molecule has 0 atom stereocenters. The van der Waals surface area contributed by atoms with Crippen LogP contribution in [-0.4, -0.2) is 44.9 Å². The Balaban J connectivity index is 1.62. The Kier molecular flexibility index (Phi) is 4.50. The van der Waals surface area contributed by atoms with Crippen molar-refractivity contribution in [1.82, 2.24) is 20.2 Å². The first-order chi connectivity index (χ1) is 13.4. The topological polar surface area (TPSA) is 108 Å². The summed E-state index contributed by atoms with van der Waals surface area (Å²) in [5.41, 5.74) is 9.37. The van der Waals surface area contributed by atoms with Crippen LogP contribution in [0.1, 0.15) is 24.1 Å². The summed E-state index contributed by atoms with van der Waals surface area (Å²) in [7, 11) is 0. The number of rotatable bonds is 4. The monoisotopic (exact) mass is 383 g/mol.